The standard InChI is InChI=1S/C22H23Cl2NO2/c23-19-9-5-16(6-10-19)21(17-7-11-20(24)12-8-17)4-2-14-25-13-1-3-18(15-25)22(26)27/h4-12,18H,1-3,13-15H2,(H,26,27). The highest BCUT2D eigenvalue weighted by molar-refractivity contribution is 6.31. The summed E-state index contributed by atoms with van der Waals surface area (Å²) in [7, 11) is 0. The molecule has 1 heterocycles. The average Bonchev–Trinajstić information content (AvgIpc) is 2.67. The fourth-order valence-electron chi connectivity index (χ4n) is 3.51. The zero-order valence-electron chi connectivity index (χ0n) is 15.1. The SMILES string of the molecule is O=C(O)C1CCCN(CCC=C(c2ccc(Cl)cc2)c2ccc(Cl)cc2)C1. The van der Waals surface area contributed by atoms with Gasteiger partial charge in [0.1, 0.15) is 0 Å². The molecule has 2 aromatic rings. The lowest BCUT2D eigenvalue weighted by molar-refractivity contribution is -0.143. The molecule has 1 aliphatic heterocycles. The van der Waals surface area contributed by atoms with Gasteiger partial charge in [0.05, 0.1) is 5.92 Å². The van der Waals surface area contributed by atoms with Gasteiger partial charge in [-0.1, -0.05) is 53.5 Å². The van der Waals surface area contributed by atoms with Gasteiger partial charge in [-0.2, -0.15) is 0 Å². The molecule has 1 N–H and O–H groups in total. The maximum Gasteiger partial charge on any atom is 0.307 e. The number of rotatable bonds is 6. The van der Waals surface area contributed by atoms with Gasteiger partial charge < -0.3 is 10.0 Å². The topological polar surface area (TPSA) is 40.5 Å². The highest BCUT2D eigenvalue weighted by Gasteiger charge is 2.24. The second-order valence-corrected chi connectivity index (χ2v) is 7.77. The van der Waals surface area contributed by atoms with Crippen molar-refractivity contribution in [3.63, 3.8) is 0 Å². The Hall–Kier alpha value is -1.81. The zero-order valence-corrected chi connectivity index (χ0v) is 16.6. The quantitative estimate of drug-likeness (QED) is 0.680. The van der Waals surface area contributed by atoms with Crippen LogP contribution in [0.25, 0.3) is 5.57 Å². The van der Waals surface area contributed by atoms with Crippen molar-refractivity contribution in [3.8, 4) is 0 Å². The molecular weight excluding hydrogens is 381 g/mol. The number of hydrogen-bond acceptors (Lipinski definition) is 2. The summed E-state index contributed by atoms with van der Waals surface area (Å²) in [5.41, 5.74) is 3.34. The minimum atomic E-state index is -0.682. The minimum absolute atomic E-state index is 0.241. The van der Waals surface area contributed by atoms with Gasteiger partial charge in [0, 0.05) is 23.1 Å². The van der Waals surface area contributed by atoms with E-state index in [0.29, 0.717) is 16.6 Å². The molecular formula is C22H23Cl2NO2. The van der Waals surface area contributed by atoms with Gasteiger partial charge in [-0.15, -0.1) is 0 Å². The Morgan fingerprint density at radius 3 is 2.11 bits per heavy atom. The number of carbonyl (C=O) groups is 1. The predicted octanol–water partition coefficient (Wildman–Crippen LogP) is 5.61. The summed E-state index contributed by atoms with van der Waals surface area (Å²) in [4.78, 5) is 13.5. The van der Waals surface area contributed by atoms with Crippen LogP contribution in [0.4, 0.5) is 0 Å². The Balaban J connectivity index is 1.75. The number of piperidine rings is 1. The van der Waals surface area contributed by atoms with Gasteiger partial charge in [0.25, 0.3) is 0 Å². The maximum atomic E-state index is 11.2. The molecule has 3 rings (SSSR count). The third-order valence-corrected chi connectivity index (χ3v) is 5.46. The van der Waals surface area contributed by atoms with Gasteiger partial charge in [-0.05, 0) is 66.8 Å². The normalized spacial score (nSPS) is 17.5. The first-order valence-electron chi connectivity index (χ1n) is 9.20. The van der Waals surface area contributed by atoms with Crippen LogP contribution in [0, 0.1) is 5.92 Å². The van der Waals surface area contributed by atoms with Crippen LogP contribution in [0.5, 0.6) is 0 Å². The third kappa shape index (κ3) is 5.58. The molecule has 142 valence electrons. The van der Waals surface area contributed by atoms with E-state index in [2.05, 4.69) is 11.0 Å². The average molecular weight is 404 g/mol. The van der Waals surface area contributed by atoms with Crippen LogP contribution in [0.2, 0.25) is 10.0 Å². The van der Waals surface area contributed by atoms with E-state index < -0.39 is 5.97 Å². The summed E-state index contributed by atoms with van der Waals surface area (Å²) >= 11 is 12.1. The highest BCUT2D eigenvalue weighted by Crippen LogP contribution is 2.27. The molecule has 0 radical (unpaired) electrons. The zero-order chi connectivity index (χ0) is 19.2. The Morgan fingerprint density at radius 1 is 1.04 bits per heavy atom. The first-order valence-corrected chi connectivity index (χ1v) is 9.96. The number of aliphatic carboxylic acids is 1. The van der Waals surface area contributed by atoms with Crippen molar-refractivity contribution < 1.29 is 9.90 Å². The number of carboxylic acids is 1. The molecule has 3 nitrogen and oxygen atoms in total. The van der Waals surface area contributed by atoms with E-state index in [1.165, 1.54) is 0 Å². The summed E-state index contributed by atoms with van der Waals surface area (Å²) in [5, 5.41) is 10.7. The van der Waals surface area contributed by atoms with Crippen LogP contribution in [0.15, 0.2) is 54.6 Å². The van der Waals surface area contributed by atoms with E-state index in [-0.39, 0.29) is 5.92 Å². The molecule has 1 aliphatic rings. The van der Waals surface area contributed by atoms with Crippen molar-refractivity contribution in [1.82, 2.24) is 4.90 Å². The van der Waals surface area contributed by atoms with Crippen molar-refractivity contribution in [2.45, 2.75) is 19.3 Å². The molecule has 1 fully saturated rings. The molecule has 27 heavy (non-hydrogen) atoms. The number of benzene rings is 2. The molecule has 1 unspecified atom stereocenters. The van der Waals surface area contributed by atoms with Gasteiger partial charge in [0.2, 0.25) is 0 Å². The monoisotopic (exact) mass is 403 g/mol. The lowest BCUT2D eigenvalue weighted by Gasteiger charge is -2.30. The van der Waals surface area contributed by atoms with E-state index in [4.69, 9.17) is 23.2 Å². The van der Waals surface area contributed by atoms with Gasteiger partial charge in [-0.3, -0.25) is 4.79 Å². The second kappa shape index (κ2) is 9.41. The number of halogens is 2. The first-order chi connectivity index (χ1) is 13.0. The first kappa shape index (κ1) is 19.9. The number of likely N-dealkylation sites (tertiary alicyclic amines) is 1. The van der Waals surface area contributed by atoms with Gasteiger partial charge in [-0.25, -0.2) is 0 Å². The van der Waals surface area contributed by atoms with Crippen molar-refractivity contribution in [2.75, 3.05) is 19.6 Å². The molecule has 0 amide bonds. The molecule has 0 saturated carbocycles. The predicted molar refractivity (Wildman–Crippen MR) is 111 cm³/mol. The smallest absolute Gasteiger partial charge is 0.307 e. The summed E-state index contributed by atoms with van der Waals surface area (Å²) in [6.45, 7) is 2.46. The fraction of sp³-hybridized carbons (Fsp3) is 0.318. The molecule has 1 saturated heterocycles. The summed E-state index contributed by atoms with van der Waals surface area (Å²) in [6, 6.07) is 15.6. The maximum absolute atomic E-state index is 11.2. The van der Waals surface area contributed by atoms with Crippen molar-refractivity contribution in [3.05, 3.63) is 75.8 Å². The Kier molecular flexibility index (Phi) is 6.95. The lowest BCUT2D eigenvalue weighted by Crippen LogP contribution is -2.39. The molecule has 0 aliphatic carbocycles. The van der Waals surface area contributed by atoms with Crippen LogP contribution >= 0.6 is 23.2 Å². The molecule has 5 heteroatoms. The van der Waals surface area contributed by atoms with Crippen molar-refractivity contribution in [1.29, 1.82) is 0 Å². The van der Waals surface area contributed by atoms with E-state index >= 15 is 0 Å². The second-order valence-electron chi connectivity index (χ2n) is 6.90. The van der Waals surface area contributed by atoms with E-state index in [0.717, 1.165) is 49.1 Å². The Bertz CT molecular complexity index is 753. The van der Waals surface area contributed by atoms with Gasteiger partial charge >= 0.3 is 5.97 Å². The van der Waals surface area contributed by atoms with Crippen LogP contribution in [-0.2, 0) is 4.79 Å². The van der Waals surface area contributed by atoms with Crippen LogP contribution < -0.4 is 0 Å². The number of hydrogen-bond donors (Lipinski definition) is 1. The molecule has 0 aromatic heterocycles. The van der Waals surface area contributed by atoms with E-state index in [9.17, 15) is 9.90 Å². The Morgan fingerprint density at radius 2 is 1.59 bits per heavy atom. The van der Waals surface area contributed by atoms with Gasteiger partial charge in [0.15, 0.2) is 0 Å². The molecule has 2 aromatic carbocycles. The molecule has 0 bridgehead atoms. The van der Waals surface area contributed by atoms with Crippen LogP contribution in [0.1, 0.15) is 30.4 Å². The number of nitrogens with zero attached hydrogens (tertiary/aromatic N) is 1. The number of carboxylic acid groups (broad SMARTS) is 1. The van der Waals surface area contributed by atoms with E-state index in [1.54, 1.807) is 0 Å². The van der Waals surface area contributed by atoms with Crippen molar-refractivity contribution in [2.24, 2.45) is 5.92 Å². The van der Waals surface area contributed by atoms with Crippen LogP contribution in [-0.4, -0.2) is 35.6 Å². The lowest BCUT2D eigenvalue weighted by atomic mass is 9.96. The largest absolute Gasteiger partial charge is 0.481 e. The van der Waals surface area contributed by atoms with Crippen molar-refractivity contribution >= 4 is 34.7 Å². The Labute approximate surface area is 170 Å². The van der Waals surface area contributed by atoms with E-state index in [1.807, 2.05) is 48.5 Å². The summed E-state index contributed by atoms with van der Waals surface area (Å²) < 4.78 is 0. The highest BCUT2D eigenvalue weighted by atomic mass is 35.5. The summed E-state index contributed by atoms with van der Waals surface area (Å²) in [6.07, 6.45) is 4.80. The minimum Gasteiger partial charge on any atom is -0.481 e. The molecule has 1 atom stereocenters. The van der Waals surface area contributed by atoms with Crippen LogP contribution in [0.3, 0.4) is 0 Å². The third-order valence-electron chi connectivity index (χ3n) is 4.96. The fourth-order valence-corrected chi connectivity index (χ4v) is 3.76. The molecule has 0 spiro atoms. The summed E-state index contributed by atoms with van der Waals surface area (Å²) in [5.74, 6) is -0.923.